The summed E-state index contributed by atoms with van der Waals surface area (Å²) in [6.45, 7) is 6.08. The molecule has 2 fully saturated rings. The van der Waals surface area contributed by atoms with Crippen molar-refractivity contribution < 1.29 is 14.3 Å². The number of methoxy groups -OCH3 is 1. The fourth-order valence-corrected chi connectivity index (χ4v) is 7.11. The quantitative estimate of drug-likeness (QED) is 0.723. The average Bonchev–Trinajstić information content (AvgIpc) is 3.12. The molecule has 1 aromatic heterocycles. The van der Waals surface area contributed by atoms with E-state index < -0.39 is 21.1 Å². The molecule has 4 rings (SSSR count). The molecule has 2 aromatic rings. The molecule has 2 saturated carbocycles. The number of hydrogen-bond acceptors (Lipinski definition) is 5. The molecule has 5 nitrogen and oxygen atoms in total. The summed E-state index contributed by atoms with van der Waals surface area (Å²) in [5.74, 6) is 0.747. The number of anilines is 1. The summed E-state index contributed by atoms with van der Waals surface area (Å²) < 4.78 is 6.21. The number of nitrogens with one attached hydrogen (secondary N) is 1. The Kier molecular flexibility index (Phi) is 3.80. The number of alkyl halides is 1. The molecule has 1 heterocycles. The first kappa shape index (κ1) is 17.9. The minimum Gasteiger partial charge on any atom is -0.497 e. The van der Waals surface area contributed by atoms with Gasteiger partial charge in [0.25, 0.3) is 0 Å². The van der Waals surface area contributed by atoms with Crippen molar-refractivity contribution >= 4 is 54.3 Å². The summed E-state index contributed by atoms with van der Waals surface area (Å²) in [5, 5.41) is 3.55. The number of carbonyl (C=O) groups is 2. The number of carbonyl (C=O) groups excluding carboxylic acids is 2. The summed E-state index contributed by atoms with van der Waals surface area (Å²) in [6.07, 6.45) is 1.44. The van der Waals surface area contributed by atoms with Gasteiger partial charge in [0.15, 0.2) is 10.9 Å². The van der Waals surface area contributed by atoms with Crippen LogP contribution in [-0.2, 0) is 9.59 Å². The second kappa shape index (κ2) is 5.52. The van der Waals surface area contributed by atoms with Crippen LogP contribution in [0, 0.1) is 16.2 Å². The van der Waals surface area contributed by atoms with Gasteiger partial charge in [0.2, 0.25) is 5.91 Å². The van der Waals surface area contributed by atoms with Gasteiger partial charge in [-0.25, -0.2) is 4.98 Å². The van der Waals surface area contributed by atoms with E-state index in [0.29, 0.717) is 11.6 Å². The first-order chi connectivity index (χ1) is 12.2. The lowest BCUT2D eigenvalue weighted by molar-refractivity contribution is -0.130. The fourth-order valence-electron chi connectivity index (χ4n) is 4.75. The van der Waals surface area contributed by atoms with Gasteiger partial charge in [-0.2, -0.15) is 0 Å². The van der Waals surface area contributed by atoms with Gasteiger partial charge in [0.05, 0.1) is 27.6 Å². The van der Waals surface area contributed by atoms with Crippen molar-refractivity contribution in [1.82, 2.24) is 4.98 Å². The number of halogens is 1. The van der Waals surface area contributed by atoms with Crippen LogP contribution in [0.1, 0.15) is 33.6 Å². The Balaban J connectivity index is 1.69. The molecule has 1 N–H and O–H groups in total. The van der Waals surface area contributed by atoms with Crippen molar-refractivity contribution in [3.05, 3.63) is 18.2 Å². The molecule has 0 radical (unpaired) electrons. The van der Waals surface area contributed by atoms with Crippen molar-refractivity contribution in [3.8, 4) is 5.75 Å². The number of rotatable bonds is 3. The molecule has 7 heteroatoms. The van der Waals surface area contributed by atoms with E-state index in [0.717, 1.165) is 22.4 Å². The summed E-state index contributed by atoms with van der Waals surface area (Å²) >= 11 is 4.98. The van der Waals surface area contributed by atoms with E-state index in [2.05, 4.69) is 26.2 Å². The minimum atomic E-state index is -0.756. The average molecular weight is 437 g/mol. The molecule has 1 aromatic carbocycles. The summed E-state index contributed by atoms with van der Waals surface area (Å²) in [4.78, 5) is 30.2. The summed E-state index contributed by atoms with van der Waals surface area (Å²) in [7, 11) is 1.61. The Morgan fingerprint density at radius 3 is 2.69 bits per heavy atom. The lowest BCUT2D eigenvalue weighted by Gasteiger charge is -2.39. The Labute approximate surface area is 164 Å². The van der Waals surface area contributed by atoms with Crippen LogP contribution < -0.4 is 10.1 Å². The Morgan fingerprint density at radius 2 is 2.08 bits per heavy atom. The van der Waals surface area contributed by atoms with Gasteiger partial charge in [-0.1, -0.05) is 48.0 Å². The van der Waals surface area contributed by atoms with E-state index in [4.69, 9.17) is 4.74 Å². The number of thiazole rings is 1. The van der Waals surface area contributed by atoms with Crippen molar-refractivity contribution in [2.75, 3.05) is 12.4 Å². The van der Waals surface area contributed by atoms with Crippen molar-refractivity contribution in [2.45, 2.75) is 38.4 Å². The summed E-state index contributed by atoms with van der Waals surface area (Å²) in [5.41, 5.74) is -0.862. The highest BCUT2D eigenvalue weighted by Gasteiger charge is 2.76. The number of Topliss-reactive ketones (excluding diaryl/α,β-unsaturated/α-hetero) is 1. The molecule has 2 aliphatic rings. The van der Waals surface area contributed by atoms with Crippen LogP contribution in [0.25, 0.3) is 10.2 Å². The van der Waals surface area contributed by atoms with Crippen molar-refractivity contribution in [2.24, 2.45) is 16.2 Å². The third-order valence-electron chi connectivity index (χ3n) is 6.94. The second-order valence-corrected chi connectivity index (χ2v) is 9.91. The van der Waals surface area contributed by atoms with Crippen LogP contribution in [0.3, 0.4) is 0 Å². The van der Waals surface area contributed by atoms with E-state index in [1.165, 1.54) is 11.3 Å². The number of aromatic nitrogens is 1. The molecular weight excluding hydrogens is 416 g/mol. The van der Waals surface area contributed by atoms with Gasteiger partial charge in [0, 0.05) is 11.5 Å². The second-order valence-electron chi connectivity index (χ2n) is 7.96. The van der Waals surface area contributed by atoms with Gasteiger partial charge in [-0.05, 0) is 30.4 Å². The van der Waals surface area contributed by atoms with Crippen LogP contribution in [0.15, 0.2) is 18.2 Å². The smallest absolute Gasteiger partial charge is 0.234 e. The third-order valence-corrected chi connectivity index (χ3v) is 9.09. The molecule has 3 unspecified atom stereocenters. The number of amides is 1. The van der Waals surface area contributed by atoms with E-state index in [-0.39, 0.29) is 11.7 Å². The Morgan fingerprint density at radius 1 is 1.35 bits per heavy atom. The van der Waals surface area contributed by atoms with E-state index in [9.17, 15) is 9.59 Å². The molecule has 2 bridgehead atoms. The van der Waals surface area contributed by atoms with Crippen LogP contribution in [0.5, 0.6) is 5.75 Å². The van der Waals surface area contributed by atoms with E-state index in [1.807, 2.05) is 39.0 Å². The minimum absolute atomic E-state index is 0.120. The van der Waals surface area contributed by atoms with Gasteiger partial charge in [-0.15, -0.1) is 0 Å². The number of hydrogen-bond donors (Lipinski definition) is 1. The highest BCUT2D eigenvalue weighted by Crippen LogP contribution is 2.72. The van der Waals surface area contributed by atoms with E-state index in [1.54, 1.807) is 7.11 Å². The Bertz CT molecular complexity index is 940. The monoisotopic (exact) mass is 436 g/mol. The predicted molar refractivity (Wildman–Crippen MR) is 106 cm³/mol. The highest BCUT2D eigenvalue weighted by atomic mass is 79.9. The van der Waals surface area contributed by atoms with E-state index >= 15 is 0 Å². The number of fused-ring (bicyclic) bond motifs is 3. The van der Waals surface area contributed by atoms with Crippen LogP contribution in [0.4, 0.5) is 5.13 Å². The summed E-state index contributed by atoms with van der Waals surface area (Å²) in [6, 6.07) is 5.66. The van der Waals surface area contributed by atoms with Crippen LogP contribution in [0.2, 0.25) is 0 Å². The zero-order valence-corrected chi connectivity index (χ0v) is 17.6. The van der Waals surface area contributed by atoms with Gasteiger partial charge >= 0.3 is 0 Å². The number of benzene rings is 1. The number of nitrogens with zero attached hydrogens (tertiary/aromatic N) is 1. The third kappa shape index (κ3) is 1.99. The van der Waals surface area contributed by atoms with Crippen molar-refractivity contribution in [1.29, 1.82) is 0 Å². The van der Waals surface area contributed by atoms with Crippen molar-refractivity contribution in [3.63, 3.8) is 0 Å². The van der Waals surface area contributed by atoms with Gasteiger partial charge in [0.1, 0.15) is 5.75 Å². The highest BCUT2D eigenvalue weighted by molar-refractivity contribution is 9.10. The Hall–Kier alpha value is -1.47. The maximum absolute atomic E-state index is 13.4. The first-order valence-corrected chi connectivity index (χ1v) is 10.3. The number of ketones is 1. The molecule has 1 amide bonds. The molecule has 0 spiro atoms. The molecule has 138 valence electrons. The number of ether oxygens (including phenoxy) is 1. The van der Waals surface area contributed by atoms with Crippen LogP contribution >= 0.6 is 27.3 Å². The fraction of sp³-hybridized carbons (Fsp3) is 0.526. The maximum Gasteiger partial charge on any atom is 0.234 e. The largest absolute Gasteiger partial charge is 0.497 e. The lowest BCUT2D eigenvalue weighted by atomic mass is 9.64. The SMILES string of the molecule is COc1ccc2sc(NC(=O)C34CCC(C)(C(=O)C3Br)C4(C)C)nc2c1. The molecular formula is C19H21BrN2O3S. The normalized spacial score (nSPS) is 32.2. The van der Waals surface area contributed by atoms with Gasteiger partial charge < -0.3 is 10.1 Å². The molecule has 3 atom stereocenters. The molecule has 26 heavy (non-hydrogen) atoms. The lowest BCUT2D eigenvalue weighted by Crippen LogP contribution is -2.47. The zero-order valence-electron chi connectivity index (χ0n) is 15.2. The molecule has 0 aliphatic heterocycles. The maximum atomic E-state index is 13.4. The van der Waals surface area contributed by atoms with Gasteiger partial charge in [-0.3, -0.25) is 9.59 Å². The topological polar surface area (TPSA) is 68.3 Å². The molecule has 0 saturated heterocycles. The first-order valence-electron chi connectivity index (χ1n) is 8.62. The molecule has 2 aliphatic carbocycles. The zero-order chi connectivity index (χ0) is 18.9. The van der Waals surface area contributed by atoms with Crippen LogP contribution in [-0.4, -0.2) is 28.6 Å². The predicted octanol–water partition coefficient (Wildman–Crippen LogP) is 4.40. The standard InChI is InChI=1S/C19H21BrN2O3S/c1-17(2)18(3)7-8-19(17,13(20)14(18)23)15(24)22-16-21-11-9-10(25-4)5-6-12(11)26-16/h5-6,9,13H,7-8H2,1-4H3,(H,21,22,24).